The summed E-state index contributed by atoms with van der Waals surface area (Å²) >= 11 is 8.39. The van der Waals surface area contributed by atoms with Gasteiger partial charge >= 0.3 is 5.97 Å². The topological polar surface area (TPSA) is 50.4 Å². The van der Waals surface area contributed by atoms with E-state index in [1.807, 2.05) is 54.1 Å². The smallest absolute Gasteiger partial charge is 0.341 e. The van der Waals surface area contributed by atoms with Crippen LogP contribution >= 0.6 is 34.9 Å². The molecule has 25 heavy (non-hydrogen) atoms. The van der Waals surface area contributed by atoms with Crippen molar-refractivity contribution in [2.75, 3.05) is 17.7 Å². The summed E-state index contributed by atoms with van der Waals surface area (Å²) in [5.41, 5.74) is 3.39. The molecule has 3 rings (SSSR count). The van der Waals surface area contributed by atoms with Crippen LogP contribution in [0.3, 0.4) is 0 Å². The van der Waals surface area contributed by atoms with Crippen molar-refractivity contribution in [2.24, 2.45) is 0 Å². The van der Waals surface area contributed by atoms with E-state index in [0.29, 0.717) is 15.7 Å². The highest BCUT2D eigenvalue weighted by Gasteiger charge is 2.22. The molecule has 7 heteroatoms. The summed E-state index contributed by atoms with van der Waals surface area (Å²) in [6.45, 7) is 2.02. The van der Waals surface area contributed by atoms with Crippen molar-refractivity contribution in [3.63, 3.8) is 0 Å². The number of benzene rings is 1. The average Bonchev–Trinajstić information content (AvgIpc) is 3.23. The van der Waals surface area contributed by atoms with E-state index < -0.39 is 0 Å². The number of anilines is 2. The molecule has 2 N–H and O–H groups in total. The molecule has 0 saturated heterocycles. The standard InChI is InChI=1S/C18H16N2O2S3/c1-11-5-3-6-12(9-11)19-18(23)20-16-15(17(21)22-2)13(10-25-16)14-7-4-8-24-14/h3-10H,1-2H3,(H2,19,20,23). The third-order valence-electron chi connectivity index (χ3n) is 3.47. The Labute approximate surface area is 159 Å². The van der Waals surface area contributed by atoms with Crippen LogP contribution in [0, 0.1) is 6.92 Å². The zero-order valence-electron chi connectivity index (χ0n) is 13.7. The maximum Gasteiger partial charge on any atom is 0.341 e. The molecule has 0 radical (unpaired) electrons. The van der Waals surface area contributed by atoms with E-state index in [4.69, 9.17) is 17.0 Å². The van der Waals surface area contributed by atoms with Crippen LogP contribution in [0.25, 0.3) is 10.4 Å². The molecule has 4 nitrogen and oxygen atoms in total. The predicted octanol–water partition coefficient (Wildman–Crippen LogP) is 5.38. The Morgan fingerprint density at radius 3 is 2.68 bits per heavy atom. The van der Waals surface area contributed by atoms with Gasteiger partial charge in [-0.25, -0.2) is 4.79 Å². The van der Waals surface area contributed by atoms with Gasteiger partial charge in [-0.3, -0.25) is 0 Å². The van der Waals surface area contributed by atoms with Gasteiger partial charge in [-0.2, -0.15) is 0 Å². The summed E-state index contributed by atoms with van der Waals surface area (Å²) in [6, 6.07) is 11.8. The lowest BCUT2D eigenvalue weighted by Gasteiger charge is -2.11. The van der Waals surface area contributed by atoms with Crippen LogP contribution in [0.5, 0.6) is 0 Å². The van der Waals surface area contributed by atoms with Gasteiger partial charge in [0.15, 0.2) is 5.11 Å². The normalized spacial score (nSPS) is 10.3. The van der Waals surface area contributed by atoms with Gasteiger partial charge < -0.3 is 15.4 Å². The Balaban J connectivity index is 1.84. The van der Waals surface area contributed by atoms with Crippen molar-refractivity contribution in [3.05, 3.63) is 58.3 Å². The monoisotopic (exact) mass is 388 g/mol. The number of carbonyl (C=O) groups is 1. The Kier molecular flexibility index (Phi) is 5.47. The second-order valence-electron chi connectivity index (χ2n) is 5.27. The first kappa shape index (κ1) is 17.6. The van der Waals surface area contributed by atoms with Crippen LogP contribution in [0.1, 0.15) is 15.9 Å². The number of thiocarbonyl (C=S) groups is 1. The number of hydrogen-bond donors (Lipinski definition) is 2. The van der Waals surface area contributed by atoms with Gasteiger partial charge in [0.05, 0.1) is 7.11 Å². The lowest BCUT2D eigenvalue weighted by atomic mass is 10.1. The molecular weight excluding hydrogens is 372 g/mol. The van der Waals surface area contributed by atoms with Gasteiger partial charge in [0.25, 0.3) is 0 Å². The summed E-state index contributed by atoms with van der Waals surface area (Å²) in [5, 5.41) is 11.3. The van der Waals surface area contributed by atoms with E-state index in [9.17, 15) is 4.79 Å². The molecule has 0 aliphatic rings. The number of hydrogen-bond acceptors (Lipinski definition) is 5. The second-order valence-corrected chi connectivity index (χ2v) is 7.51. The predicted molar refractivity (Wildman–Crippen MR) is 110 cm³/mol. The fourth-order valence-corrected chi connectivity index (χ4v) is 4.42. The maximum atomic E-state index is 12.3. The number of aryl methyl sites for hydroxylation is 1. The Bertz CT molecular complexity index is 901. The molecule has 0 fully saturated rings. The highest BCUT2D eigenvalue weighted by atomic mass is 32.1. The van der Waals surface area contributed by atoms with E-state index in [-0.39, 0.29) is 5.97 Å². The number of carbonyl (C=O) groups excluding carboxylic acids is 1. The second kappa shape index (κ2) is 7.77. The van der Waals surface area contributed by atoms with Gasteiger partial charge in [-0.05, 0) is 48.3 Å². The summed E-state index contributed by atoms with van der Waals surface area (Å²) in [7, 11) is 1.38. The van der Waals surface area contributed by atoms with Crippen molar-refractivity contribution in [1.29, 1.82) is 0 Å². The van der Waals surface area contributed by atoms with Gasteiger partial charge in [0.1, 0.15) is 10.6 Å². The first-order chi connectivity index (χ1) is 12.1. The molecule has 0 unspecified atom stereocenters. The molecule has 0 aliphatic carbocycles. The van der Waals surface area contributed by atoms with Crippen LogP contribution in [0.2, 0.25) is 0 Å². The minimum atomic E-state index is -0.384. The Morgan fingerprint density at radius 1 is 1.16 bits per heavy atom. The zero-order valence-corrected chi connectivity index (χ0v) is 16.1. The molecule has 1 aromatic carbocycles. The molecular formula is C18H16N2O2S3. The lowest BCUT2D eigenvalue weighted by Crippen LogP contribution is -2.20. The van der Waals surface area contributed by atoms with Crippen molar-refractivity contribution < 1.29 is 9.53 Å². The van der Waals surface area contributed by atoms with Gasteiger partial charge in [-0.15, -0.1) is 22.7 Å². The molecule has 0 aliphatic heterocycles. The number of rotatable bonds is 4. The van der Waals surface area contributed by atoms with Crippen LogP contribution in [0.15, 0.2) is 47.2 Å². The number of methoxy groups -OCH3 is 1. The third-order valence-corrected chi connectivity index (χ3v) is 5.47. The number of nitrogens with one attached hydrogen (secondary N) is 2. The lowest BCUT2D eigenvalue weighted by molar-refractivity contribution is 0.0603. The fraction of sp³-hybridized carbons (Fsp3) is 0.111. The highest BCUT2D eigenvalue weighted by molar-refractivity contribution is 7.80. The molecule has 0 spiro atoms. The summed E-state index contributed by atoms with van der Waals surface area (Å²) in [6.07, 6.45) is 0. The molecule has 2 heterocycles. The van der Waals surface area contributed by atoms with Crippen LogP contribution in [-0.2, 0) is 4.74 Å². The summed E-state index contributed by atoms with van der Waals surface area (Å²) < 4.78 is 4.96. The molecule has 128 valence electrons. The van der Waals surface area contributed by atoms with E-state index >= 15 is 0 Å². The van der Waals surface area contributed by atoms with E-state index in [2.05, 4.69) is 10.6 Å². The molecule has 0 amide bonds. The van der Waals surface area contributed by atoms with Gasteiger partial charge in [0, 0.05) is 21.5 Å². The molecule has 0 atom stereocenters. The van der Waals surface area contributed by atoms with Gasteiger partial charge in [0.2, 0.25) is 0 Å². The van der Waals surface area contributed by atoms with Crippen molar-refractivity contribution in [2.45, 2.75) is 6.92 Å². The van der Waals surface area contributed by atoms with E-state index in [1.54, 1.807) is 11.3 Å². The van der Waals surface area contributed by atoms with E-state index in [1.165, 1.54) is 18.4 Å². The maximum absolute atomic E-state index is 12.3. The average molecular weight is 389 g/mol. The first-order valence-corrected chi connectivity index (χ1v) is 9.63. The van der Waals surface area contributed by atoms with Crippen molar-refractivity contribution >= 4 is 56.7 Å². The zero-order chi connectivity index (χ0) is 17.8. The fourth-order valence-electron chi connectivity index (χ4n) is 2.36. The minimum absolute atomic E-state index is 0.384. The van der Waals surface area contributed by atoms with Crippen LogP contribution < -0.4 is 10.6 Å². The SMILES string of the molecule is COC(=O)c1c(-c2cccs2)csc1NC(=S)Nc1cccc(C)c1. The Hall–Kier alpha value is -2.22. The summed E-state index contributed by atoms with van der Waals surface area (Å²) in [5.74, 6) is -0.384. The van der Waals surface area contributed by atoms with E-state index in [0.717, 1.165) is 21.7 Å². The Morgan fingerprint density at radius 2 is 2.00 bits per heavy atom. The van der Waals surface area contributed by atoms with Crippen molar-refractivity contribution in [3.8, 4) is 10.4 Å². The van der Waals surface area contributed by atoms with Crippen molar-refractivity contribution in [1.82, 2.24) is 0 Å². The highest BCUT2D eigenvalue weighted by Crippen LogP contribution is 2.38. The van der Waals surface area contributed by atoms with Gasteiger partial charge in [-0.1, -0.05) is 18.2 Å². The molecule has 0 bridgehead atoms. The van der Waals surface area contributed by atoms with Crippen LogP contribution in [0.4, 0.5) is 10.7 Å². The largest absolute Gasteiger partial charge is 0.465 e. The number of ether oxygens (including phenoxy) is 1. The van der Waals surface area contributed by atoms with Crippen LogP contribution in [-0.4, -0.2) is 18.2 Å². The third kappa shape index (κ3) is 4.07. The first-order valence-electron chi connectivity index (χ1n) is 7.47. The molecule has 0 saturated carbocycles. The molecule has 2 aromatic heterocycles. The summed E-state index contributed by atoms with van der Waals surface area (Å²) in [4.78, 5) is 13.3. The molecule has 3 aromatic rings. The quantitative estimate of drug-likeness (QED) is 0.464. The minimum Gasteiger partial charge on any atom is -0.465 e. The number of thiophene rings is 2. The number of esters is 1.